The first-order valence-electron chi connectivity index (χ1n) is 7.20. The summed E-state index contributed by atoms with van der Waals surface area (Å²) in [6.07, 6.45) is 3.08. The van der Waals surface area contributed by atoms with E-state index in [1.807, 2.05) is 0 Å². The molecule has 20 heavy (non-hydrogen) atoms. The third-order valence-electron chi connectivity index (χ3n) is 3.69. The highest BCUT2D eigenvalue weighted by molar-refractivity contribution is 7.99. The normalized spacial score (nSPS) is 21.9. The molecule has 1 unspecified atom stereocenters. The number of carbonyl (C=O) groups is 1. The molecule has 0 bridgehead atoms. The summed E-state index contributed by atoms with van der Waals surface area (Å²) < 4.78 is 0. The third kappa shape index (κ3) is 4.84. The van der Waals surface area contributed by atoms with Gasteiger partial charge < -0.3 is 10.4 Å². The van der Waals surface area contributed by atoms with E-state index in [1.54, 1.807) is 11.8 Å². The maximum atomic E-state index is 11.8. The van der Waals surface area contributed by atoms with Gasteiger partial charge in [-0.2, -0.15) is 11.8 Å². The molecule has 0 spiro atoms. The lowest BCUT2D eigenvalue weighted by Crippen LogP contribution is -2.42. The number of aliphatic hydroxyl groups is 1. The Kier molecular flexibility index (Phi) is 5.49. The lowest BCUT2D eigenvalue weighted by atomic mass is 10.0. The Bertz CT molecular complexity index is 438. The number of nitrogens with one attached hydrogen (secondary N) is 1. The summed E-state index contributed by atoms with van der Waals surface area (Å²) in [5, 5.41) is 13.0. The number of thioether (sulfide) groups is 1. The van der Waals surface area contributed by atoms with Crippen molar-refractivity contribution in [2.45, 2.75) is 38.2 Å². The molecule has 2 N–H and O–H groups in total. The maximum Gasteiger partial charge on any atom is 0.220 e. The van der Waals surface area contributed by atoms with Gasteiger partial charge in [-0.05, 0) is 37.5 Å². The molecular formula is C16H23NO2S. The molecule has 1 aromatic carbocycles. The van der Waals surface area contributed by atoms with Gasteiger partial charge in [-0.1, -0.05) is 29.8 Å². The molecule has 1 aliphatic rings. The highest BCUT2D eigenvalue weighted by Gasteiger charge is 2.31. The standard InChI is InChI=1S/C16H23NO2S/c1-13-5-7-14(8-6-13)3-2-4-15(18)17-11-16(19)9-10-20-12-16/h5-8,19H,2-4,9-12H2,1H3,(H,17,18). The first-order valence-corrected chi connectivity index (χ1v) is 8.35. The van der Waals surface area contributed by atoms with Gasteiger partial charge >= 0.3 is 0 Å². The van der Waals surface area contributed by atoms with E-state index in [0.717, 1.165) is 30.8 Å². The molecule has 1 amide bonds. The van der Waals surface area contributed by atoms with E-state index in [2.05, 4.69) is 36.5 Å². The molecule has 1 heterocycles. The van der Waals surface area contributed by atoms with Crippen LogP contribution < -0.4 is 5.32 Å². The van der Waals surface area contributed by atoms with E-state index in [0.29, 0.717) is 13.0 Å². The number of hydrogen-bond donors (Lipinski definition) is 2. The summed E-state index contributed by atoms with van der Waals surface area (Å²) in [6.45, 7) is 2.46. The Morgan fingerprint density at radius 3 is 2.80 bits per heavy atom. The number of amides is 1. The molecule has 0 saturated carbocycles. The molecule has 1 fully saturated rings. The highest BCUT2D eigenvalue weighted by atomic mass is 32.2. The molecule has 1 saturated heterocycles. The van der Waals surface area contributed by atoms with Crippen LogP contribution in [0.3, 0.4) is 0 Å². The second-order valence-electron chi connectivity index (χ2n) is 5.64. The van der Waals surface area contributed by atoms with Crippen LogP contribution in [0, 0.1) is 6.92 Å². The molecule has 0 aliphatic carbocycles. The third-order valence-corrected chi connectivity index (χ3v) is 4.92. The molecular weight excluding hydrogens is 270 g/mol. The summed E-state index contributed by atoms with van der Waals surface area (Å²) in [5.74, 6) is 1.76. The van der Waals surface area contributed by atoms with Crippen LogP contribution >= 0.6 is 11.8 Å². The van der Waals surface area contributed by atoms with Crippen molar-refractivity contribution in [2.75, 3.05) is 18.1 Å². The fourth-order valence-electron chi connectivity index (χ4n) is 2.30. The van der Waals surface area contributed by atoms with Crippen molar-refractivity contribution < 1.29 is 9.90 Å². The van der Waals surface area contributed by atoms with Crippen molar-refractivity contribution in [2.24, 2.45) is 0 Å². The molecule has 1 atom stereocenters. The topological polar surface area (TPSA) is 49.3 Å². The highest BCUT2D eigenvalue weighted by Crippen LogP contribution is 2.26. The molecule has 3 nitrogen and oxygen atoms in total. The molecule has 1 aromatic rings. The second-order valence-corrected chi connectivity index (χ2v) is 6.75. The lowest BCUT2D eigenvalue weighted by Gasteiger charge is -2.21. The van der Waals surface area contributed by atoms with Crippen molar-refractivity contribution in [1.82, 2.24) is 5.32 Å². The first-order chi connectivity index (χ1) is 9.57. The van der Waals surface area contributed by atoms with Gasteiger partial charge in [0.15, 0.2) is 0 Å². The predicted molar refractivity (Wildman–Crippen MR) is 84.0 cm³/mol. The largest absolute Gasteiger partial charge is 0.387 e. The number of rotatable bonds is 6. The minimum absolute atomic E-state index is 0.0439. The number of hydrogen-bond acceptors (Lipinski definition) is 3. The van der Waals surface area contributed by atoms with Crippen LogP contribution in [0.2, 0.25) is 0 Å². The monoisotopic (exact) mass is 293 g/mol. The van der Waals surface area contributed by atoms with Crippen LogP contribution in [-0.4, -0.2) is 34.7 Å². The summed E-state index contributed by atoms with van der Waals surface area (Å²) >= 11 is 1.75. The van der Waals surface area contributed by atoms with E-state index < -0.39 is 5.60 Å². The van der Waals surface area contributed by atoms with Gasteiger partial charge in [0.2, 0.25) is 5.91 Å². The summed E-state index contributed by atoms with van der Waals surface area (Å²) in [6, 6.07) is 8.43. The van der Waals surface area contributed by atoms with Gasteiger partial charge in [0.1, 0.15) is 0 Å². The van der Waals surface area contributed by atoms with Crippen LogP contribution in [0.15, 0.2) is 24.3 Å². The quantitative estimate of drug-likeness (QED) is 0.846. The summed E-state index contributed by atoms with van der Waals surface area (Å²) in [7, 11) is 0. The van der Waals surface area contributed by atoms with Gasteiger partial charge in [0, 0.05) is 18.7 Å². The Morgan fingerprint density at radius 2 is 2.15 bits per heavy atom. The average Bonchev–Trinajstić information content (AvgIpc) is 2.86. The van der Waals surface area contributed by atoms with Crippen LogP contribution in [0.25, 0.3) is 0 Å². The van der Waals surface area contributed by atoms with Gasteiger partial charge in [-0.25, -0.2) is 0 Å². The number of aryl methyl sites for hydroxylation is 2. The van der Waals surface area contributed by atoms with Gasteiger partial charge in [-0.15, -0.1) is 0 Å². The average molecular weight is 293 g/mol. The van der Waals surface area contributed by atoms with Gasteiger partial charge in [-0.3, -0.25) is 4.79 Å². The van der Waals surface area contributed by atoms with E-state index in [1.165, 1.54) is 11.1 Å². The van der Waals surface area contributed by atoms with Crippen molar-refractivity contribution in [1.29, 1.82) is 0 Å². The smallest absolute Gasteiger partial charge is 0.220 e. The zero-order chi connectivity index (χ0) is 14.4. The summed E-state index contributed by atoms with van der Waals surface area (Å²) in [4.78, 5) is 11.8. The van der Waals surface area contributed by atoms with E-state index in [9.17, 15) is 9.90 Å². The number of carbonyl (C=O) groups excluding carboxylic acids is 1. The van der Waals surface area contributed by atoms with E-state index >= 15 is 0 Å². The molecule has 2 rings (SSSR count). The molecule has 0 radical (unpaired) electrons. The molecule has 110 valence electrons. The lowest BCUT2D eigenvalue weighted by molar-refractivity contribution is -0.122. The van der Waals surface area contributed by atoms with Crippen LogP contribution in [0.4, 0.5) is 0 Å². The zero-order valence-electron chi connectivity index (χ0n) is 12.0. The Morgan fingerprint density at radius 1 is 1.40 bits per heavy atom. The Balaban J connectivity index is 1.64. The minimum atomic E-state index is -0.683. The van der Waals surface area contributed by atoms with Crippen molar-refractivity contribution in [3.8, 4) is 0 Å². The van der Waals surface area contributed by atoms with Crippen LogP contribution in [0.5, 0.6) is 0 Å². The SMILES string of the molecule is Cc1ccc(CCCC(=O)NCC2(O)CCSC2)cc1. The molecule has 1 aliphatic heterocycles. The predicted octanol–water partition coefficient (Wildman–Crippen LogP) is 2.30. The minimum Gasteiger partial charge on any atom is -0.387 e. The number of benzene rings is 1. The fraction of sp³-hybridized carbons (Fsp3) is 0.562. The Hall–Kier alpha value is -1.00. The van der Waals surface area contributed by atoms with E-state index in [-0.39, 0.29) is 5.91 Å². The zero-order valence-corrected chi connectivity index (χ0v) is 12.8. The maximum absolute atomic E-state index is 11.8. The van der Waals surface area contributed by atoms with Crippen molar-refractivity contribution in [3.05, 3.63) is 35.4 Å². The second kappa shape index (κ2) is 7.14. The van der Waals surface area contributed by atoms with Crippen LogP contribution in [0.1, 0.15) is 30.4 Å². The molecule has 0 aromatic heterocycles. The Labute approximate surface area is 125 Å². The molecule has 4 heteroatoms. The van der Waals surface area contributed by atoms with Gasteiger partial charge in [0.25, 0.3) is 0 Å². The van der Waals surface area contributed by atoms with Gasteiger partial charge in [0.05, 0.1) is 5.60 Å². The first kappa shape index (κ1) is 15.4. The van der Waals surface area contributed by atoms with Crippen molar-refractivity contribution >= 4 is 17.7 Å². The fourth-order valence-corrected chi connectivity index (χ4v) is 3.59. The van der Waals surface area contributed by atoms with Crippen molar-refractivity contribution in [3.63, 3.8) is 0 Å². The van der Waals surface area contributed by atoms with E-state index in [4.69, 9.17) is 0 Å². The summed E-state index contributed by atoms with van der Waals surface area (Å²) in [5.41, 5.74) is 1.85. The van der Waals surface area contributed by atoms with Crippen LogP contribution in [-0.2, 0) is 11.2 Å².